The Hall–Kier alpha value is -2.08. The Balaban J connectivity index is 1.98. The minimum absolute atomic E-state index is 0.189. The van der Waals surface area contributed by atoms with Gasteiger partial charge in [0.05, 0.1) is 5.54 Å². The molecule has 5 N–H and O–H groups in total. The largest absolute Gasteiger partial charge is 0.484 e. The van der Waals surface area contributed by atoms with Crippen molar-refractivity contribution in [3.8, 4) is 5.75 Å². The molecule has 102 valence electrons. The molecule has 1 aromatic carbocycles. The molecule has 0 aromatic heterocycles. The van der Waals surface area contributed by atoms with Crippen LogP contribution < -0.4 is 21.5 Å². The lowest BCUT2D eigenvalue weighted by Crippen LogP contribution is -2.56. The molecule has 1 fully saturated rings. The maximum atomic E-state index is 11.9. The summed E-state index contributed by atoms with van der Waals surface area (Å²) < 4.78 is 5.16. The summed E-state index contributed by atoms with van der Waals surface area (Å²) in [5.41, 5.74) is 10.8. The van der Waals surface area contributed by atoms with Crippen LogP contribution in [0.2, 0.25) is 0 Å². The van der Waals surface area contributed by atoms with Crippen molar-refractivity contribution in [1.29, 1.82) is 0 Å². The van der Waals surface area contributed by atoms with Gasteiger partial charge >= 0.3 is 0 Å². The summed E-state index contributed by atoms with van der Waals surface area (Å²) in [6.45, 7) is -0.196. The second kappa shape index (κ2) is 5.27. The Bertz CT molecular complexity index is 498. The van der Waals surface area contributed by atoms with Crippen LogP contribution in [0.5, 0.6) is 5.75 Å². The molecule has 2 amide bonds. The van der Waals surface area contributed by atoms with Gasteiger partial charge in [0, 0.05) is 11.8 Å². The van der Waals surface area contributed by atoms with Crippen molar-refractivity contribution in [3.63, 3.8) is 0 Å². The van der Waals surface area contributed by atoms with E-state index in [9.17, 15) is 9.59 Å². The molecule has 19 heavy (non-hydrogen) atoms. The van der Waals surface area contributed by atoms with E-state index in [1.807, 2.05) is 0 Å². The summed E-state index contributed by atoms with van der Waals surface area (Å²) in [4.78, 5) is 22.6. The zero-order valence-corrected chi connectivity index (χ0v) is 10.5. The predicted octanol–water partition coefficient (Wildman–Crippen LogP) is 0.371. The Morgan fingerprint density at radius 2 is 2.11 bits per heavy atom. The first-order valence-corrected chi connectivity index (χ1v) is 6.11. The highest BCUT2D eigenvalue weighted by molar-refractivity contribution is 5.98. The second-order valence-electron chi connectivity index (χ2n) is 4.75. The fourth-order valence-corrected chi connectivity index (χ4v) is 1.86. The molecule has 0 radical (unpaired) electrons. The maximum Gasteiger partial charge on any atom is 0.255 e. The van der Waals surface area contributed by atoms with Crippen molar-refractivity contribution in [1.82, 2.24) is 0 Å². The number of nitrogens with one attached hydrogen (secondary N) is 1. The van der Waals surface area contributed by atoms with E-state index in [0.29, 0.717) is 24.3 Å². The highest BCUT2D eigenvalue weighted by Crippen LogP contribution is 2.30. The monoisotopic (exact) mass is 263 g/mol. The third-order valence-electron chi connectivity index (χ3n) is 3.17. The Morgan fingerprint density at radius 3 is 2.68 bits per heavy atom. The number of benzene rings is 1. The van der Waals surface area contributed by atoms with E-state index in [1.165, 1.54) is 0 Å². The summed E-state index contributed by atoms with van der Waals surface area (Å²) in [7, 11) is 0. The number of ether oxygens (including phenoxy) is 1. The average Bonchev–Trinajstić information content (AvgIpc) is 2.34. The molecule has 0 spiro atoms. The van der Waals surface area contributed by atoms with E-state index in [0.717, 1.165) is 6.42 Å². The van der Waals surface area contributed by atoms with E-state index in [1.54, 1.807) is 24.3 Å². The van der Waals surface area contributed by atoms with Crippen LogP contribution in [0.15, 0.2) is 24.3 Å². The fraction of sp³-hybridized carbons (Fsp3) is 0.385. The first-order valence-electron chi connectivity index (χ1n) is 6.11. The number of nitrogens with two attached hydrogens (primary N) is 2. The summed E-state index contributed by atoms with van der Waals surface area (Å²) in [5.74, 6) is -0.271. The highest BCUT2D eigenvalue weighted by Gasteiger charge is 2.40. The molecule has 1 saturated carbocycles. The third-order valence-corrected chi connectivity index (χ3v) is 3.17. The lowest BCUT2D eigenvalue weighted by Gasteiger charge is -2.36. The number of primary amides is 1. The van der Waals surface area contributed by atoms with Gasteiger partial charge < -0.3 is 21.5 Å². The van der Waals surface area contributed by atoms with Crippen LogP contribution in [0.3, 0.4) is 0 Å². The zero-order chi connectivity index (χ0) is 13.9. The van der Waals surface area contributed by atoms with Gasteiger partial charge in [0.2, 0.25) is 5.91 Å². The first kappa shape index (κ1) is 13.4. The molecule has 0 bridgehead atoms. The third kappa shape index (κ3) is 3.23. The molecule has 2 rings (SSSR count). The van der Waals surface area contributed by atoms with E-state index >= 15 is 0 Å². The number of anilines is 1. The van der Waals surface area contributed by atoms with Gasteiger partial charge in [0.15, 0.2) is 6.61 Å². The van der Waals surface area contributed by atoms with Gasteiger partial charge in [-0.2, -0.15) is 0 Å². The van der Waals surface area contributed by atoms with Crippen LogP contribution in [0, 0.1) is 0 Å². The van der Waals surface area contributed by atoms with Gasteiger partial charge in [-0.1, -0.05) is 6.07 Å². The molecule has 1 aromatic rings. The van der Waals surface area contributed by atoms with Crippen molar-refractivity contribution in [3.05, 3.63) is 24.3 Å². The summed E-state index contributed by atoms with van der Waals surface area (Å²) >= 11 is 0. The zero-order valence-electron chi connectivity index (χ0n) is 10.5. The van der Waals surface area contributed by atoms with Crippen LogP contribution in [-0.4, -0.2) is 24.0 Å². The van der Waals surface area contributed by atoms with Crippen molar-refractivity contribution in [2.24, 2.45) is 11.5 Å². The lowest BCUT2D eigenvalue weighted by atomic mass is 9.77. The topological polar surface area (TPSA) is 107 Å². The predicted molar refractivity (Wildman–Crippen MR) is 70.5 cm³/mol. The van der Waals surface area contributed by atoms with Crippen LogP contribution >= 0.6 is 0 Å². The van der Waals surface area contributed by atoms with Gasteiger partial charge in [-0.3, -0.25) is 9.59 Å². The molecule has 0 unspecified atom stereocenters. The van der Waals surface area contributed by atoms with Crippen molar-refractivity contribution < 1.29 is 14.3 Å². The van der Waals surface area contributed by atoms with Crippen molar-refractivity contribution >= 4 is 17.5 Å². The minimum Gasteiger partial charge on any atom is -0.484 e. The maximum absolute atomic E-state index is 11.9. The number of carbonyl (C=O) groups is 2. The van der Waals surface area contributed by atoms with E-state index in [2.05, 4.69) is 5.32 Å². The molecule has 0 aliphatic heterocycles. The molecular formula is C13H17N3O3. The van der Waals surface area contributed by atoms with Crippen LogP contribution in [0.1, 0.15) is 19.3 Å². The minimum atomic E-state index is -0.746. The molecule has 1 aliphatic rings. The Labute approximate surface area is 111 Å². The molecule has 6 heteroatoms. The number of hydrogen-bond donors (Lipinski definition) is 3. The fourth-order valence-electron chi connectivity index (χ4n) is 1.86. The number of rotatable bonds is 5. The molecule has 0 atom stereocenters. The normalized spacial score (nSPS) is 16.3. The molecular weight excluding hydrogens is 246 g/mol. The quantitative estimate of drug-likeness (QED) is 0.713. The number of carbonyl (C=O) groups excluding carboxylic acids is 2. The summed E-state index contributed by atoms with van der Waals surface area (Å²) in [6, 6.07) is 6.76. The standard InChI is InChI=1S/C13H17N3O3/c14-11(17)8-19-10-4-1-3-9(7-10)16-12(18)13(15)5-2-6-13/h1,3-4,7H,2,5-6,8,15H2,(H2,14,17)(H,16,18). The smallest absolute Gasteiger partial charge is 0.255 e. The van der Waals surface area contributed by atoms with Crippen molar-refractivity contribution in [2.45, 2.75) is 24.8 Å². The van der Waals surface area contributed by atoms with E-state index in [4.69, 9.17) is 16.2 Å². The van der Waals surface area contributed by atoms with E-state index in [-0.39, 0.29) is 12.5 Å². The van der Waals surface area contributed by atoms with Crippen LogP contribution in [0.25, 0.3) is 0 Å². The van der Waals surface area contributed by atoms with E-state index < -0.39 is 11.4 Å². The van der Waals surface area contributed by atoms with Crippen molar-refractivity contribution in [2.75, 3.05) is 11.9 Å². The van der Waals surface area contributed by atoms with Gasteiger partial charge in [-0.15, -0.1) is 0 Å². The molecule has 1 aliphatic carbocycles. The number of hydrogen-bond acceptors (Lipinski definition) is 4. The Kier molecular flexibility index (Phi) is 3.71. The van der Waals surface area contributed by atoms with Crippen LogP contribution in [0.4, 0.5) is 5.69 Å². The first-order chi connectivity index (χ1) is 8.99. The SMILES string of the molecule is NC(=O)COc1cccc(NC(=O)C2(N)CCC2)c1. The molecule has 0 heterocycles. The Morgan fingerprint density at radius 1 is 1.37 bits per heavy atom. The van der Waals surface area contributed by atoms with Gasteiger partial charge in [-0.25, -0.2) is 0 Å². The van der Waals surface area contributed by atoms with Gasteiger partial charge in [-0.05, 0) is 31.4 Å². The molecule has 0 saturated heterocycles. The highest BCUT2D eigenvalue weighted by atomic mass is 16.5. The number of amides is 2. The average molecular weight is 263 g/mol. The second-order valence-corrected chi connectivity index (χ2v) is 4.75. The summed E-state index contributed by atoms with van der Waals surface area (Å²) in [5, 5.41) is 2.75. The summed E-state index contributed by atoms with van der Waals surface area (Å²) in [6.07, 6.45) is 2.39. The lowest BCUT2D eigenvalue weighted by molar-refractivity contribution is -0.124. The van der Waals surface area contributed by atoms with Gasteiger partial charge in [0.1, 0.15) is 5.75 Å². The van der Waals surface area contributed by atoms with Crippen LogP contribution in [-0.2, 0) is 9.59 Å². The van der Waals surface area contributed by atoms with Gasteiger partial charge in [0.25, 0.3) is 5.91 Å². The molecule has 6 nitrogen and oxygen atoms in total.